The third kappa shape index (κ3) is 2.51. The van der Waals surface area contributed by atoms with Gasteiger partial charge < -0.3 is 4.74 Å². The Kier molecular flexibility index (Phi) is 4.13. The van der Waals surface area contributed by atoms with Crippen molar-refractivity contribution in [1.82, 2.24) is 4.90 Å². The highest BCUT2D eigenvalue weighted by Gasteiger charge is 2.18. The molecule has 0 aromatic rings. The molecule has 2 nitrogen and oxygen atoms in total. The van der Waals surface area contributed by atoms with Crippen LogP contribution >= 0.6 is 0 Å². The minimum atomic E-state index is 0.653. The van der Waals surface area contributed by atoms with Crippen LogP contribution in [0.4, 0.5) is 0 Å². The second kappa shape index (κ2) is 5.18. The van der Waals surface area contributed by atoms with Crippen molar-refractivity contribution < 1.29 is 4.74 Å². The molecule has 0 spiro atoms. The Morgan fingerprint density at radius 3 is 2.67 bits per heavy atom. The van der Waals surface area contributed by atoms with Crippen molar-refractivity contribution in [3.63, 3.8) is 0 Å². The first-order chi connectivity index (χ1) is 5.88. The van der Waals surface area contributed by atoms with Crippen LogP contribution < -0.4 is 0 Å². The number of nitrogens with zero attached hydrogens (tertiary/aromatic N) is 1. The van der Waals surface area contributed by atoms with Crippen LogP contribution in [0, 0.1) is 12.3 Å². The van der Waals surface area contributed by atoms with E-state index in [0.717, 1.165) is 39.1 Å². The molecular formula is C10H17NO. The predicted octanol–water partition coefficient (Wildman–Crippen LogP) is 1.12. The zero-order valence-electron chi connectivity index (χ0n) is 7.75. The topological polar surface area (TPSA) is 12.5 Å². The van der Waals surface area contributed by atoms with E-state index in [1.54, 1.807) is 0 Å². The molecule has 2 heteroatoms. The fourth-order valence-corrected chi connectivity index (χ4v) is 1.67. The molecular weight excluding hydrogens is 150 g/mol. The first-order valence-electron chi connectivity index (χ1n) is 4.63. The molecule has 0 aliphatic carbocycles. The summed E-state index contributed by atoms with van der Waals surface area (Å²) < 4.78 is 5.29. The van der Waals surface area contributed by atoms with Crippen molar-refractivity contribution in [3.8, 4) is 12.3 Å². The van der Waals surface area contributed by atoms with Crippen LogP contribution in [0.15, 0.2) is 0 Å². The fraction of sp³-hybridized carbons (Fsp3) is 0.800. The van der Waals surface area contributed by atoms with Gasteiger partial charge in [-0.2, -0.15) is 0 Å². The Morgan fingerprint density at radius 1 is 1.50 bits per heavy atom. The molecule has 1 heterocycles. The summed E-state index contributed by atoms with van der Waals surface area (Å²) in [6.45, 7) is 5.78. The third-order valence-electron chi connectivity index (χ3n) is 2.41. The smallest absolute Gasteiger partial charge is 0.0601 e. The van der Waals surface area contributed by atoms with Gasteiger partial charge in [-0.25, -0.2) is 0 Å². The molecule has 68 valence electrons. The van der Waals surface area contributed by atoms with Gasteiger partial charge in [-0.05, 0) is 19.4 Å². The number of terminal acetylenes is 1. The minimum absolute atomic E-state index is 0.653. The lowest BCUT2D eigenvalue weighted by atomic mass is 10.1. The highest BCUT2D eigenvalue weighted by atomic mass is 16.5. The normalized spacial score (nSPS) is 19.4. The van der Waals surface area contributed by atoms with Gasteiger partial charge in [0.05, 0.1) is 6.54 Å². The zero-order chi connectivity index (χ0) is 8.81. The monoisotopic (exact) mass is 167 g/mol. The fourth-order valence-electron chi connectivity index (χ4n) is 1.67. The lowest BCUT2D eigenvalue weighted by molar-refractivity contribution is 0.0405. The molecule has 0 aromatic carbocycles. The van der Waals surface area contributed by atoms with Crippen LogP contribution in [0.3, 0.4) is 0 Å². The van der Waals surface area contributed by atoms with E-state index in [4.69, 9.17) is 11.2 Å². The van der Waals surface area contributed by atoms with Gasteiger partial charge in [0, 0.05) is 19.3 Å². The van der Waals surface area contributed by atoms with E-state index < -0.39 is 0 Å². The average Bonchev–Trinajstić information content (AvgIpc) is 2.15. The van der Waals surface area contributed by atoms with Crippen molar-refractivity contribution >= 4 is 0 Å². The van der Waals surface area contributed by atoms with E-state index in [0.29, 0.717) is 6.04 Å². The highest BCUT2D eigenvalue weighted by molar-refractivity contribution is 4.90. The molecule has 1 fully saturated rings. The van der Waals surface area contributed by atoms with Gasteiger partial charge in [-0.3, -0.25) is 4.90 Å². The maximum Gasteiger partial charge on any atom is 0.0601 e. The van der Waals surface area contributed by atoms with Crippen LogP contribution in [0.25, 0.3) is 0 Å². The van der Waals surface area contributed by atoms with Crippen LogP contribution in [-0.2, 0) is 4.74 Å². The Balaban J connectivity index is 2.36. The lowest BCUT2D eigenvalue weighted by Gasteiger charge is -2.31. The lowest BCUT2D eigenvalue weighted by Crippen LogP contribution is -2.39. The number of ether oxygens (including phenoxy) is 1. The van der Waals surface area contributed by atoms with Gasteiger partial charge in [-0.15, -0.1) is 6.42 Å². The molecule has 0 atom stereocenters. The standard InChI is InChI=1S/C10H17NO/c1-3-7-11(4-2)10-5-8-12-9-6-10/h1,10H,4-9H2,2H3. The quantitative estimate of drug-likeness (QED) is 0.584. The second-order valence-corrected chi connectivity index (χ2v) is 3.11. The first kappa shape index (κ1) is 9.57. The first-order valence-corrected chi connectivity index (χ1v) is 4.63. The van der Waals surface area contributed by atoms with E-state index in [-0.39, 0.29) is 0 Å². The Bertz CT molecular complexity index is 156. The summed E-state index contributed by atoms with van der Waals surface area (Å²) in [6.07, 6.45) is 7.56. The Morgan fingerprint density at radius 2 is 2.17 bits per heavy atom. The summed E-state index contributed by atoms with van der Waals surface area (Å²) in [5.41, 5.74) is 0. The SMILES string of the molecule is C#CCN(CC)C1CCOCC1. The zero-order valence-corrected chi connectivity index (χ0v) is 7.75. The molecule has 0 aromatic heterocycles. The Hall–Kier alpha value is -0.520. The summed E-state index contributed by atoms with van der Waals surface area (Å²) in [5.74, 6) is 2.70. The van der Waals surface area contributed by atoms with E-state index in [2.05, 4.69) is 17.7 Å². The summed E-state index contributed by atoms with van der Waals surface area (Å²) in [5, 5.41) is 0. The maximum atomic E-state index is 5.29. The molecule has 0 unspecified atom stereocenters. The number of hydrogen-bond donors (Lipinski definition) is 0. The summed E-state index contributed by atoms with van der Waals surface area (Å²) >= 11 is 0. The minimum Gasteiger partial charge on any atom is -0.381 e. The second-order valence-electron chi connectivity index (χ2n) is 3.11. The van der Waals surface area contributed by atoms with Gasteiger partial charge in [0.15, 0.2) is 0 Å². The van der Waals surface area contributed by atoms with E-state index in [1.807, 2.05) is 0 Å². The van der Waals surface area contributed by atoms with Gasteiger partial charge in [0.1, 0.15) is 0 Å². The van der Waals surface area contributed by atoms with Crippen molar-refractivity contribution in [2.24, 2.45) is 0 Å². The molecule has 0 saturated carbocycles. The van der Waals surface area contributed by atoms with Gasteiger partial charge >= 0.3 is 0 Å². The number of hydrogen-bond acceptors (Lipinski definition) is 2. The van der Waals surface area contributed by atoms with E-state index >= 15 is 0 Å². The van der Waals surface area contributed by atoms with Crippen molar-refractivity contribution in [1.29, 1.82) is 0 Å². The maximum absolute atomic E-state index is 5.29. The van der Waals surface area contributed by atoms with Gasteiger partial charge in [0.25, 0.3) is 0 Å². The molecule has 12 heavy (non-hydrogen) atoms. The summed E-state index contributed by atoms with van der Waals surface area (Å²) in [4.78, 5) is 2.35. The van der Waals surface area contributed by atoms with Crippen molar-refractivity contribution in [3.05, 3.63) is 0 Å². The molecule has 1 rings (SSSR count). The van der Waals surface area contributed by atoms with Crippen LogP contribution in [0.2, 0.25) is 0 Å². The van der Waals surface area contributed by atoms with Crippen molar-refractivity contribution in [2.45, 2.75) is 25.8 Å². The summed E-state index contributed by atoms with van der Waals surface area (Å²) in [6, 6.07) is 0.653. The molecule has 0 N–H and O–H groups in total. The van der Waals surface area contributed by atoms with Gasteiger partial charge in [0.2, 0.25) is 0 Å². The third-order valence-corrected chi connectivity index (χ3v) is 2.41. The predicted molar refractivity (Wildman–Crippen MR) is 49.9 cm³/mol. The molecule has 1 aliphatic rings. The number of rotatable bonds is 3. The molecule has 0 bridgehead atoms. The molecule has 0 amide bonds. The summed E-state index contributed by atoms with van der Waals surface area (Å²) in [7, 11) is 0. The van der Waals surface area contributed by atoms with Crippen LogP contribution in [-0.4, -0.2) is 37.2 Å². The van der Waals surface area contributed by atoms with Gasteiger partial charge in [-0.1, -0.05) is 12.8 Å². The van der Waals surface area contributed by atoms with E-state index in [9.17, 15) is 0 Å². The largest absolute Gasteiger partial charge is 0.381 e. The van der Waals surface area contributed by atoms with Crippen LogP contribution in [0.5, 0.6) is 0 Å². The highest BCUT2D eigenvalue weighted by Crippen LogP contribution is 2.13. The molecule has 0 radical (unpaired) electrons. The van der Waals surface area contributed by atoms with E-state index in [1.165, 1.54) is 0 Å². The average molecular weight is 167 g/mol. The molecule has 1 saturated heterocycles. The van der Waals surface area contributed by atoms with Crippen LogP contribution in [0.1, 0.15) is 19.8 Å². The Labute approximate surface area is 74.9 Å². The molecule has 1 aliphatic heterocycles. The van der Waals surface area contributed by atoms with Crippen molar-refractivity contribution in [2.75, 3.05) is 26.3 Å².